The molecule has 1 saturated heterocycles. The Morgan fingerprint density at radius 2 is 2.35 bits per heavy atom. The van der Waals surface area contributed by atoms with Gasteiger partial charge in [0, 0.05) is 37.2 Å². The second-order valence-corrected chi connectivity index (χ2v) is 6.58. The van der Waals surface area contributed by atoms with E-state index in [4.69, 9.17) is 9.26 Å². The second-order valence-electron chi connectivity index (χ2n) is 6.58. The van der Waals surface area contributed by atoms with E-state index in [1.54, 1.807) is 6.07 Å². The minimum atomic E-state index is -0.0494. The molecule has 1 N–H and O–H groups in total. The maximum absolute atomic E-state index is 12.2. The molecule has 3 heterocycles. The minimum Gasteiger partial charge on any atom is -0.479 e. The zero-order chi connectivity index (χ0) is 18.5. The van der Waals surface area contributed by atoms with E-state index in [2.05, 4.69) is 32.4 Å². The molecule has 0 bridgehead atoms. The lowest BCUT2D eigenvalue weighted by Crippen LogP contribution is -2.26. The molecule has 8 nitrogen and oxygen atoms in total. The number of aryl methyl sites for hydroxylation is 2. The van der Waals surface area contributed by atoms with Gasteiger partial charge in [-0.15, -0.1) is 0 Å². The van der Waals surface area contributed by atoms with Crippen LogP contribution in [0.15, 0.2) is 16.8 Å². The number of aromatic nitrogens is 3. The van der Waals surface area contributed by atoms with Crippen LogP contribution in [0.4, 0.5) is 0 Å². The normalized spacial score (nSPS) is 17.4. The number of hydrogen-bond donors (Lipinski definition) is 1. The molecule has 1 aliphatic heterocycles. The summed E-state index contributed by atoms with van der Waals surface area (Å²) in [7, 11) is 3.64. The highest BCUT2D eigenvalue weighted by Crippen LogP contribution is 2.31. The van der Waals surface area contributed by atoms with E-state index < -0.39 is 0 Å². The van der Waals surface area contributed by atoms with Gasteiger partial charge in [-0.05, 0) is 38.5 Å². The predicted octanol–water partition coefficient (Wildman–Crippen LogP) is 1.80. The van der Waals surface area contributed by atoms with Crippen molar-refractivity contribution in [1.82, 2.24) is 25.3 Å². The van der Waals surface area contributed by atoms with Crippen LogP contribution in [0.2, 0.25) is 0 Å². The zero-order valence-electron chi connectivity index (χ0n) is 15.5. The van der Waals surface area contributed by atoms with Gasteiger partial charge < -0.3 is 14.6 Å². The van der Waals surface area contributed by atoms with Crippen molar-refractivity contribution >= 4 is 5.91 Å². The van der Waals surface area contributed by atoms with Gasteiger partial charge in [0.15, 0.2) is 0 Å². The summed E-state index contributed by atoms with van der Waals surface area (Å²) in [6, 6.07) is 1.99. The van der Waals surface area contributed by atoms with Crippen LogP contribution in [-0.2, 0) is 17.8 Å². The highest BCUT2D eigenvalue weighted by atomic mass is 16.5. The molecule has 0 saturated carbocycles. The highest BCUT2D eigenvalue weighted by Gasteiger charge is 2.26. The summed E-state index contributed by atoms with van der Waals surface area (Å²) in [5.41, 5.74) is 2.00. The number of methoxy groups -OCH3 is 1. The molecule has 0 unspecified atom stereocenters. The number of nitrogens with zero attached hydrogens (tertiary/aromatic N) is 4. The van der Waals surface area contributed by atoms with Crippen LogP contribution in [0.1, 0.15) is 48.1 Å². The topological polar surface area (TPSA) is 93.4 Å². The van der Waals surface area contributed by atoms with Gasteiger partial charge >= 0.3 is 0 Å². The summed E-state index contributed by atoms with van der Waals surface area (Å²) >= 11 is 0. The number of hydrogen-bond acceptors (Lipinski definition) is 7. The van der Waals surface area contributed by atoms with E-state index in [0.717, 1.165) is 36.5 Å². The first-order valence-corrected chi connectivity index (χ1v) is 8.85. The summed E-state index contributed by atoms with van der Waals surface area (Å²) in [6.07, 6.45) is 4.87. The minimum absolute atomic E-state index is 0.0494. The van der Waals surface area contributed by atoms with E-state index in [9.17, 15) is 4.79 Å². The monoisotopic (exact) mass is 359 g/mol. The first-order chi connectivity index (χ1) is 12.6. The molecule has 1 aliphatic rings. The number of rotatable bonds is 7. The van der Waals surface area contributed by atoms with Crippen LogP contribution >= 0.6 is 0 Å². The first kappa shape index (κ1) is 18.3. The van der Waals surface area contributed by atoms with E-state index in [0.29, 0.717) is 37.1 Å². The Bertz CT molecular complexity index is 761. The smallest absolute Gasteiger partial charge is 0.254 e. The maximum Gasteiger partial charge on any atom is 0.254 e. The number of ether oxygens (including phenoxy) is 1. The molecule has 26 heavy (non-hydrogen) atoms. The lowest BCUT2D eigenvalue weighted by atomic mass is 10.1. The van der Waals surface area contributed by atoms with E-state index in [1.807, 2.05) is 13.1 Å². The van der Waals surface area contributed by atoms with Crippen molar-refractivity contribution in [3.63, 3.8) is 0 Å². The van der Waals surface area contributed by atoms with Gasteiger partial charge in [-0.2, -0.15) is 0 Å². The van der Waals surface area contributed by atoms with Crippen LogP contribution in [-0.4, -0.2) is 46.6 Å². The summed E-state index contributed by atoms with van der Waals surface area (Å²) in [6.45, 7) is 3.39. The van der Waals surface area contributed by atoms with Crippen molar-refractivity contribution in [3.8, 4) is 5.88 Å². The van der Waals surface area contributed by atoms with Crippen LogP contribution in [0.5, 0.6) is 5.88 Å². The molecule has 3 rings (SSSR count). The van der Waals surface area contributed by atoms with Gasteiger partial charge in [-0.3, -0.25) is 9.69 Å². The predicted molar refractivity (Wildman–Crippen MR) is 94.6 cm³/mol. The van der Waals surface area contributed by atoms with E-state index in [1.165, 1.54) is 7.11 Å². The maximum atomic E-state index is 12.2. The Morgan fingerprint density at radius 1 is 1.50 bits per heavy atom. The third kappa shape index (κ3) is 4.37. The van der Waals surface area contributed by atoms with E-state index >= 15 is 0 Å². The molecule has 2 aromatic heterocycles. The van der Waals surface area contributed by atoms with Gasteiger partial charge in [0.25, 0.3) is 5.88 Å². The molecule has 8 heteroatoms. The van der Waals surface area contributed by atoms with Gasteiger partial charge in [0.05, 0.1) is 18.8 Å². The average Bonchev–Trinajstić information content (AvgIpc) is 3.27. The molecule has 0 aromatic carbocycles. The Labute approximate surface area is 152 Å². The first-order valence-electron chi connectivity index (χ1n) is 8.85. The highest BCUT2D eigenvalue weighted by molar-refractivity contribution is 5.76. The van der Waals surface area contributed by atoms with Crippen molar-refractivity contribution < 1.29 is 14.1 Å². The lowest BCUT2D eigenvalue weighted by Gasteiger charge is -2.21. The van der Waals surface area contributed by atoms with Gasteiger partial charge in [-0.25, -0.2) is 9.97 Å². The number of carbonyl (C=O) groups is 1. The zero-order valence-corrected chi connectivity index (χ0v) is 15.5. The molecular formula is C18H25N5O3. The number of nitrogens with one attached hydrogen (secondary N) is 1. The SMILES string of the molecule is COc1cc(CCC(=O)NCc2cnc(C)nc2[C@H]2CCCN2C)on1. The molecular weight excluding hydrogens is 334 g/mol. The van der Waals surface area contributed by atoms with E-state index in [-0.39, 0.29) is 5.91 Å². The Morgan fingerprint density at radius 3 is 3.04 bits per heavy atom. The largest absolute Gasteiger partial charge is 0.479 e. The summed E-state index contributed by atoms with van der Waals surface area (Å²) in [5, 5.41) is 6.68. The fourth-order valence-corrected chi connectivity index (χ4v) is 3.22. The summed E-state index contributed by atoms with van der Waals surface area (Å²) < 4.78 is 10.1. The van der Waals surface area contributed by atoms with Crippen molar-refractivity contribution in [1.29, 1.82) is 0 Å². The third-order valence-electron chi connectivity index (χ3n) is 4.68. The summed E-state index contributed by atoms with van der Waals surface area (Å²) in [5.74, 6) is 1.76. The van der Waals surface area contributed by atoms with Crippen molar-refractivity contribution in [2.45, 2.75) is 45.2 Å². The van der Waals surface area contributed by atoms with Gasteiger partial charge in [0.1, 0.15) is 11.6 Å². The number of carbonyl (C=O) groups excluding carboxylic acids is 1. The standard InChI is InChI=1S/C18H25N5O3/c1-12-19-10-13(18(21-12)15-5-4-8-23(15)2)11-20-16(24)7-6-14-9-17(25-3)22-26-14/h9-10,15H,4-8,11H2,1-3H3,(H,20,24)/t15-/m1/s1. The van der Waals surface area contributed by atoms with Crippen LogP contribution in [0.3, 0.4) is 0 Å². The molecule has 1 amide bonds. The Kier molecular flexibility index (Phi) is 5.82. The van der Waals surface area contributed by atoms with Gasteiger partial charge in [-0.1, -0.05) is 0 Å². The average molecular weight is 359 g/mol. The fourth-order valence-electron chi connectivity index (χ4n) is 3.22. The molecule has 0 spiro atoms. The molecule has 1 fully saturated rings. The molecule has 140 valence electrons. The third-order valence-corrected chi connectivity index (χ3v) is 4.68. The molecule has 0 radical (unpaired) electrons. The second kappa shape index (κ2) is 8.27. The lowest BCUT2D eigenvalue weighted by molar-refractivity contribution is -0.121. The number of likely N-dealkylation sites (tertiary alicyclic amines) is 1. The van der Waals surface area contributed by atoms with Crippen LogP contribution in [0, 0.1) is 6.92 Å². The fraction of sp³-hybridized carbons (Fsp3) is 0.556. The van der Waals surface area contributed by atoms with Crippen molar-refractivity contribution in [2.24, 2.45) is 0 Å². The van der Waals surface area contributed by atoms with Crippen molar-refractivity contribution in [2.75, 3.05) is 20.7 Å². The van der Waals surface area contributed by atoms with Crippen LogP contribution < -0.4 is 10.1 Å². The Balaban J connectivity index is 1.57. The Hall–Kier alpha value is -2.48. The number of amides is 1. The van der Waals surface area contributed by atoms with Crippen molar-refractivity contribution in [3.05, 3.63) is 35.1 Å². The van der Waals surface area contributed by atoms with Crippen LogP contribution in [0.25, 0.3) is 0 Å². The molecule has 2 aromatic rings. The quantitative estimate of drug-likeness (QED) is 0.805. The molecule has 0 aliphatic carbocycles. The van der Waals surface area contributed by atoms with Gasteiger partial charge in [0.2, 0.25) is 5.91 Å². The summed E-state index contributed by atoms with van der Waals surface area (Å²) in [4.78, 5) is 23.4. The molecule has 1 atom stereocenters.